The minimum Gasteiger partial charge on any atom is -0.329 e. The summed E-state index contributed by atoms with van der Waals surface area (Å²) in [6, 6.07) is 4.83. The molecular weight excluding hydrogens is 228 g/mol. The van der Waals surface area contributed by atoms with Crippen molar-refractivity contribution in [3.05, 3.63) is 21.9 Å². The van der Waals surface area contributed by atoms with Crippen LogP contribution in [0.5, 0.6) is 0 Å². The molecule has 1 atom stereocenters. The SMILES string of the molecule is CCc1ccc(C(CN)NCCC2CCC2)s1. The third-order valence-electron chi connectivity index (χ3n) is 3.78. The van der Waals surface area contributed by atoms with Crippen LogP contribution in [0, 0.1) is 5.92 Å². The number of aryl methyl sites for hydroxylation is 1. The molecule has 0 amide bonds. The van der Waals surface area contributed by atoms with Gasteiger partial charge in [0.1, 0.15) is 0 Å². The Kier molecular flexibility index (Phi) is 5.01. The summed E-state index contributed by atoms with van der Waals surface area (Å²) in [5, 5.41) is 3.61. The van der Waals surface area contributed by atoms with Gasteiger partial charge in [-0.3, -0.25) is 0 Å². The molecule has 96 valence electrons. The van der Waals surface area contributed by atoms with Crippen molar-refractivity contribution in [3.8, 4) is 0 Å². The van der Waals surface area contributed by atoms with Crippen LogP contribution in [0.4, 0.5) is 0 Å². The van der Waals surface area contributed by atoms with E-state index in [1.807, 2.05) is 11.3 Å². The van der Waals surface area contributed by atoms with Crippen molar-refractivity contribution in [2.24, 2.45) is 11.7 Å². The molecule has 1 unspecified atom stereocenters. The highest BCUT2D eigenvalue weighted by Crippen LogP contribution is 2.29. The summed E-state index contributed by atoms with van der Waals surface area (Å²) in [6.07, 6.45) is 6.77. The van der Waals surface area contributed by atoms with Gasteiger partial charge in [-0.25, -0.2) is 0 Å². The lowest BCUT2D eigenvalue weighted by Gasteiger charge is -2.26. The molecule has 0 aromatic carbocycles. The van der Waals surface area contributed by atoms with E-state index >= 15 is 0 Å². The van der Waals surface area contributed by atoms with E-state index < -0.39 is 0 Å². The van der Waals surface area contributed by atoms with Gasteiger partial charge in [-0.15, -0.1) is 11.3 Å². The zero-order valence-corrected chi connectivity index (χ0v) is 11.6. The summed E-state index contributed by atoms with van der Waals surface area (Å²) in [5.41, 5.74) is 5.86. The molecule has 1 heterocycles. The largest absolute Gasteiger partial charge is 0.329 e. The van der Waals surface area contributed by atoms with Crippen molar-refractivity contribution in [2.75, 3.05) is 13.1 Å². The highest BCUT2D eigenvalue weighted by Gasteiger charge is 2.18. The number of hydrogen-bond acceptors (Lipinski definition) is 3. The Morgan fingerprint density at radius 1 is 1.47 bits per heavy atom. The van der Waals surface area contributed by atoms with E-state index in [2.05, 4.69) is 24.4 Å². The third kappa shape index (κ3) is 3.54. The first-order chi connectivity index (χ1) is 8.33. The summed E-state index contributed by atoms with van der Waals surface area (Å²) in [4.78, 5) is 2.86. The van der Waals surface area contributed by atoms with E-state index in [9.17, 15) is 0 Å². The fourth-order valence-electron chi connectivity index (χ4n) is 2.32. The highest BCUT2D eigenvalue weighted by atomic mass is 32.1. The van der Waals surface area contributed by atoms with Crippen LogP contribution in [0.15, 0.2) is 12.1 Å². The van der Waals surface area contributed by atoms with E-state index in [4.69, 9.17) is 5.73 Å². The average Bonchev–Trinajstić information content (AvgIpc) is 2.75. The van der Waals surface area contributed by atoms with Crippen LogP contribution in [0.3, 0.4) is 0 Å². The second-order valence-electron chi connectivity index (χ2n) is 4.99. The van der Waals surface area contributed by atoms with Crippen LogP contribution < -0.4 is 11.1 Å². The second kappa shape index (κ2) is 6.53. The third-order valence-corrected chi connectivity index (χ3v) is 5.12. The molecule has 1 saturated carbocycles. The summed E-state index contributed by atoms with van der Waals surface area (Å²) < 4.78 is 0. The van der Waals surface area contributed by atoms with Gasteiger partial charge >= 0.3 is 0 Å². The van der Waals surface area contributed by atoms with Crippen LogP contribution in [-0.4, -0.2) is 13.1 Å². The molecule has 0 bridgehead atoms. The Morgan fingerprint density at radius 3 is 2.82 bits per heavy atom. The fourth-order valence-corrected chi connectivity index (χ4v) is 3.36. The van der Waals surface area contributed by atoms with Crippen molar-refractivity contribution in [2.45, 2.75) is 45.1 Å². The van der Waals surface area contributed by atoms with Crippen LogP contribution >= 0.6 is 11.3 Å². The lowest BCUT2D eigenvalue weighted by molar-refractivity contribution is 0.288. The van der Waals surface area contributed by atoms with Crippen molar-refractivity contribution in [1.29, 1.82) is 0 Å². The van der Waals surface area contributed by atoms with Gasteiger partial charge in [0, 0.05) is 16.3 Å². The summed E-state index contributed by atoms with van der Waals surface area (Å²) in [7, 11) is 0. The smallest absolute Gasteiger partial charge is 0.0539 e. The molecule has 0 saturated heterocycles. The molecule has 1 aliphatic rings. The van der Waals surface area contributed by atoms with Crippen LogP contribution in [0.25, 0.3) is 0 Å². The van der Waals surface area contributed by atoms with Gasteiger partial charge < -0.3 is 11.1 Å². The van der Waals surface area contributed by atoms with E-state index in [0.29, 0.717) is 12.6 Å². The maximum Gasteiger partial charge on any atom is 0.0539 e. The monoisotopic (exact) mass is 252 g/mol. The molecule has 17 heavy (non-hydrogen) atoms. The highest BCUT2D eigenvalue weighted by molar-refractivity contribution is 7.12. The topological polar surface area (TPSA) is 38.0 Å². The predicted molar refractivity (Wildman–Crippen MR) is 75.5 cm³/mol. The van der Waals surface area contributed by atoms with E-state index in [1.54, 1.807) is 0 Å². The maximum atomic E-state index is 5.86. The van der Waals surface area contributed by atoms with Crippen LogP contribution in [0.2, 0.25) is 0 Å². The van der Waals surface area contributed by atoms with Gasteiger partial charge in [-0.2, -0.15) is 0 Å². The molecule has 0 aliphatic heterocycles. The van der Waals surface area contributed by atoms with Gasteiger partial charge in [0.25, 0.3) is 0 Å². The second-order valence-corrected chi connectivity index (χ2v) is 6.19. The predicted octanol–water partition coefficient (Wildman–Crippen LogP) is 3.09. The number of hydrogen-bond donors (Lipinski definition) is 2. The molecule has 1 aromatic rings. The minimum atomic E-state index is 0.361. The number of nitrogens with two attached hydrogens (primary N) is 1. The van der Waals surface area contributed by atoms with Crippen molar-refractivity contribution < 1.29 is 0 Å². The summed E-state index contributed by atoms with van der Waals surface area (Å²) in [6.45, 7) is 4.03. The molecule has 0 spiro atoms. The average molecular weight is 252 g/mol. The zero-order valence-electron chi connectivity index (χ0n) is 10.7. The van der Waals surface area contributed by atoms with Gasteiger partial charge in [0.2, 0.25) is 0 Å². The molecule has 1 aromatic heterocycles. The summed E-state index contributed by atoms with van der Waals surface area (Å²) >= 11 is 1.90. The van der Waals surface area contributed by atoms with Gasteiger partial charge in [0.15, 0.2) is 0 Å². The number of rotatable bonds is 7. The van der Waals surface area contributed by atoms with Crippen molar-refractivity contribution in [3.63, 3.8) is 0 Å². The lowest BCUT2D eigenvalue weighted by Crippen LogP contribution is -2.30. The van der Waals surface area contributed by atoms with E-state index in [0.717, 1.165) is 18.9 Å². The van der Waals surface area contributed by atoms with Crippen LogP contribution in [-0.2, 0) is 6.42 Å². The first-order valence-electron chi connectivity index (χ1n) is 6.85. The van der Waals surface area contributed by atoms with Gasteiger partial charge in [-0.05, 0) is 37.4 Å². The Balaban J connectivity index is 1.78. The molecule has 0 radical (unpaired) electrons. The first-order valence-corrected chi connectivity index (χ1v) is 7.67. The standard InChI is InChI=1S/C14H24N2S/c1-2-12-6-7-14(17-12)13(10-15)16-9-8-11-4-3-5-11/h6-7,11,13,16H,2-5,8-10,15H2,1H3. The quantitative estimate of drug-likeness (QED) is 0.782. The molecule has 3 heteroatoms. The Labute approximate surface area is 109 Å². The minimum absolute atomic E-state index is 0.361. The molecular formula is C14H24N2S. The first kappa shape index (κ1) is 13.1. The molecule has 2 rings (SSSR count). The zero-order chi connectivity index (χ0) is 12.1. The lowest BCUT2D eigenvalue weighted by atomic mass is 9.83. The number of thiophene rings is 1. The molecule has 2 nitrogen and oxygen atoms in total. The number of nitrogens with one attached hydrogen (secondary N) is 1. The van der Waals surface area contributed by atoms with Gasteiger partial charge in [-0.1, -0.05) is 26.2 Å². The van der Waals surface area contributed by atoms with Crippen molar-refractivity contribution >= 4 is 11.3 Å². The van der Waals surface area contributed by atoms with E-state index in [-0.39, 0.29) is 0 Å². The Morgan fingerprint density at radius 2 is 2.29 bits per heavy atom. The normalized spacial score (nSPS) is 18.0. The van der Waals surface area contributed by atoms with E-state index in [1.165, 1.54) is 35.4 Å². The molecule has 1 aliphatic carbocycles. The van der Waals surface area contributed by atoms with Crippen LogP contribution in [0.1, 0.15) is 48.4 Å². The Bertz CT molecular complexity index is 331. The fraction of sp³-hybridized carbons (Fsp3) is 0.714. The summed E-state index contributed by atoms with van der Waals surface area (Å²) in [5.74, 6) is 0.982. The molecule has 1 fully saturated rings. The van der Waals surface area contributed by atoms with Crippen molar-refractivity contribution in [1.82, 2.24) is 5.32 Å². The maximum absolute atomic E-state index is 5.86. The Hall–Kier alpha value is -0.380. The van der Waals surface area contributed by atoms with Gasteiger partial charge in [0.05, 0.1) is 6.04 Å². The molecule has 3 N–H and O–H groups in total.